The number of rotatable bonds is 9. The minimum absolute atomic E-state index is 0.0493. The summed E-state index contributed by atoms with van der Waals surface area (Å²) in [6.07, 6.45) is 2.01. The number of aromatic nitrogens is 2. The Bertz CT molecular complexity index is 1440. The molecule has 40 heavy (non-hydrogen) atoms. The zero-order valence-electron chi connectivity index (χ0n) is 23.2. The van der Waals surface area contributed by atoms with Crippen molar-refractivity contribution in [1.82, 2.24) is 14.7 Å². The number of nitrogens with zero attached hydrogens (tertiary/aromatic N) is 3. The van der Waals surface area contributed by atoms with E-state index in [0.717, 1.165) is 27.3 Å². The molecule has 0 saturated carbocycles. The lowest BCUT2D eigenvalue weighted by molar-refractivity contribution is 0.00704. The molecular weight excluding hydrogens is 515 g/mol. The van der Waals surface area contributed by atoms with Gasteiger partial charge in [-0.05, 0) is 50.5 Å². The number of hydrogen-bond acceptors (Lipinski definition) is 6. The molecule has 1 aromatic carbocycles. The Balaban J connectivity index is 1.92. The maximum atomic E-state index is 14.2. The highest BCUT2D eigenvalue weighted by molar-refractivity contribution is 7.08. The Hall–Kier alpha value is -2.71. The van der Waals surface area contributed by atoms with Crippen LogP contribution >= 0.6 is 11.3 Å². The van der Waals surface area contributed by atoms with Gasteiger partial charge in [0.15, 0.2) is 5.69 Å². The lowest BCUT2D eigenvalue weighted by atomic mass is 9.47. The molecule has 0 aliphatic carbocycles. The van der Waals surface area contributed by atoms with E-state index in [1.54, 1.807) is 25.6 Å². The summed E-state index contributed by atoms with van der Waals surface area (Å²) in [6, 6.07) is 5.69. The van der Waals surface area contributed by atoms with Crippen molar-refractivity contribution in [2.24, 2.45) is 0 Å². The summed E-state index contributed by atoms with van der Waals surface area (Å²) in [5, 5.41) is 4.53. The average molecular weight is 540 g/mol. The van der Waals surface area contributed by atoms with Crippen molar-refractivity contribution >= 4 is 70.4 Å². The van der Waals surface area contributed by atoms with E-state index in [-0.39, 0.29) is 18.9 Å². The van der Waals surface area contributed by atoms with Gasteiger partial charge in [0.2, 0.25) is 0 Å². The number of carbonyl (C=O) groups is 1. The second kappa shape index (κ2) is 10.9. The van der Waals surface area contributed by atoms with E-state index in [2.05, 4.69) is 0 Å². The topological polar surface area (TPSA) is 65.8 Å². The second-order valence-electron chi connectivity index (χ2n) is 10.7. The van der Waals surface area contributed by atoms with E-state index in [0.29, 0.717) is 22.8 Å². The number of hydrogen-bond donors (Lipinski definition) is 0. The molecule has 2 aromatic heterocycles. The van der Waals surface area contributed by atoms with E-state index < -0.39 is 22.0 Å². The first-order valence-corrected chi connectivity index (χ1v) is 13.3. The van der Waals surface area contributed by atoms with Crippen LogP contribution in [-0.2, 0) is 11.3 Å². The largest absolute Gasteiger partial charge is 0.496 e. The molecule has 0 saturated heterocycles. The molecular formula is C26H25B6N3O4S. The van der Waals surface area contributed by atoms with Crippen LogP contribution < -0.4 is 9.47 Å². The first-order valence-electron chi connectivity index (χ1n) is 12.4. The Morgan fingerprint density at radius 1 is 1.20 bits per heavy atom. The summed E-state index contributed by atoms with van der Waals surface area (Å²) < 4.78 is 18.8. The van der Waals surface area contributed by atoms with Crippen molar-refractivity contribution in [2.45, 2.75) is 50.4 Å². The zero-order valence-corrected chi connectivity index (χ0v) is 24.0. The number of fused-ring (bicyclic) bond motifs is 3. The normalized spacial score (nSPS) is 13.1. The maximum Gasteiger partial charge on any atom is 0.273 e. The lowest BCUT2D eigenvalue weighted by Gasteiger charge is -2.49. The van der Waals surface area contributed by atoms with E-state index in [1.165, 1.54) is 11.3 Å². The molecule has 0 atom stereocenters. The highest BCUT2D eigenvalue weighted by Gasteiger charge is 2.42. The summed E-state index contributed by atoms with van der Waals surface area (Å²) in [5.74, 6) is 0.601. The maximum absolute atomic E-state index is 14.2. The molecule has 12 radical (unpaired) electrons. The number of carbonyl (C=O) groups excluding carboxylic acids is 1. The summed E-state index contributed by atoms with van der Waals surface area (Å²) in [6.45, 7) is 7.10. The molecule has 192 valence electrons. The van der Waals surface area contributed by atoms with E-state index in [4.69, 9.17) is 66.4 Å². The minimum atomic E-state index is -2.11. The quantitative estimate of drug-likeness (QED) is 0.390. The highest BCUT2D eigenvalue weighted by atomic mass is 32.1. The lowest BCUT2D eigenvalue weighted by Crippen LogP contribution is -2.64. The third-order valence-electron chi connectivity index (χ3n) is 6.21. The van der Waals surface area contributed by atoms with Crippen LogP contribution in [0.2, 0.25) is 0 Å². The Morgan fingerprint density at radius 3 is 2.45 bits per heavy atom. The number of amides is 1. The first-order chi connectivity index (χ1) is 18.5. The van der Waals surface area contributed by atoms with Gasteiger partial charge in [-0.2, -0.15) is 16.4 Å². The molecule has 0 unspecified atom stereocenters. The Morgan fingerprint density at radius 2 is 1.90 bits per heavy atom. The predicted molar refractivity (Wildman–Crippen MR) is 163 cm³/mol. The number of thiophene rings is 1. The number of methoxy groups -OCH3 is 1. The number of benzene rings is 1. The molecule has 1 aliphatic heterocycles. The summed E-state index contributed by atoms with van der Waals surface area (Å²) in [4.78, 5) is 15.3. The van der Waals surface area contributed by atoms with Crippen LogP contribution in [0.4, 0.5) is 0 Å². The average Bonchev–Trinajstić information content (AvgIpc) is 3.48. The molecule has 0 N–H and O–H groups in total. The number of allylic oxidation sites excluding steroid dienone is 1. The van der Waals surface area contributed by atoms with Crippen LogP contribution in [0, 0.1) is 0 Å². The molecule has 3 aromatic rings. The fourth-order valence-corrected chi connectivity index (χ4v) is 5.29. The van der Waals surface area contributed by atoms with Gasteiger partial charge in [-0.1, -0.05) is 16.9 Å². The van der Waals surface area contributed by atoms with Gasteiger partial charge in [-0.3, -0.25) is 4.79 Å². The molecule has 0 spiro atoms. The van der Waals surface area contributed by atoms with Crippen molar-refractivity contribution in [3.8, 4) is 28.4 Å². The highest BCUT2D eigenvalue weighted by Crippen LogP contribution is 2.44. The summed E-state index contributed by atoms with van der Waals surface area (Å²) >= 11 is 1.50. The Kier molecular flexibility index (Phi) is 8.27. The van der Waals surface area contributed by atoms with Gasteiger partial charge in [-0.25, -0.2) is 4.68 Å². The fraction of sp³-hybridized carbons (Fsp3) is 0.385. The fourth-order valence-electron chi connectivity index (χ4n) is 4.68. The van der Waals surface area contributed by atoms with Crippen LogP contribution in [0.5, 0.6) is 11.5 Å². The molecule has 14 heteroatoms. The minimum Gasteiger partial charge on any atom is -0.496 e. The van der Waals surface area contributed by atoms with E-state index in [1.807, 2.05) is 48.9 Å². The van der Waals surface area contributed by atoms with Gasteiger partial charge in [-0.15, -0.1) is 0 Å². The molecule has 4 rings (SSSR count). The van der Waals surface area contributed by atoms with Crippen LogP contribution in [0.3, 0.4) is 0 Å². The van der Waals surface area contributed by atoms with Crippen LogP contribution in [0.15, 0.2) is 34.5 Å². The standard InChI is InChI=1S/C26H25B6N3O4S/c1-14(2)8-15-9-17-20(10-19(15)37-5)38-11-18-21(33-34(22(17)18)16-6-7-40-12-16)23(36)35(25(27,28)29)24(3,4)13-39-26(30,31)32/h6-10,12H,11,13H2,1-5H3. The van der Waals surface area contributed by atoms with E-state index >= 15 is 0 Å². The van der Waals surface area contributed by atoms with Gasteiger partial charge < -0.3 is 19.1 Å². The zero-order chi connectivity index (χ0) is 29.6. The van der Waals surface area contributed by atoms with Gasteiger partial charge in [0.25, 0.3) is 5.91 Å². The monoisotopic (exact) mass is 541 g/mol. The molecule has 3 heterocycles. The van der Waals surface area contributed by atoms with Crippen molar-refractivity contribution in [3.05, 3.63) is 51.4 Å². The van der Waals surface area contributed by atoms with Crippen LogP contribution in [-0.4, -0.2) is 97.5 Å². The molecule has 0 fully saturated rings. The number of ether oxygens (including phenoxy) is 3. The van der Waals surface area contributed by atoms with Crippen molar-refractivity contribution < 1.29 is 19.0 Å². The van der Waals surface area contributed by atoms with Crippen molar-refractivity contribution in [1.29, 1.82) is 0 Å². The molecule has 7 nitrogen and oxygen atoms in total. The van der Waals surface area contributed by atoms with E-state index in [9.17, 15) is 4.79 Å². The van der Waals surface area contributed by atoms with Crippen molar-refractivity contribution in [3.63, 3.8) is 0 Å². The molecule has 0 bridgehead atoms. The SMILES string of the molecule is [B]C([B])([B])OCC(C)(C)N(C(=O)c1nn(-c2ccsc2)c2c1COc1cc(OC)c(C=C(C)C)cc1-2)C([B])([B])[B]. The summed E-state index contributed by atoms with van der Waals surface area (Å²) in [5.41, 5.74) is 3.50. The van der Waals surface area contributed by atoms with Crippen molar-refractivity contribution in [2.75, 3.05) is 13.7 Å². The third kappa shape index (κ3) is 6.13. The molecule has 1 aliphatic rings. The van der Waals surface area contributed by atoms with Crippen LogP contribution in [0.25, 0.3) is 23.0 Å². The third-order valence-corrected chi connectivity index (χ3v) is 6.88. The van der Waals surface area contributed by atoms with Gasteiger partial charge in [0, 0.05) is 28.1 Å². The first kappa shape index (κ1) is 30.3. The molecule has 1 amide bonds. The van der Waals surface area contributed by atoms with Gasteiger partial charge in [0.1, 0.15) is 18.1 Å². The smallest absolute Gasteiger partial charge is 0.273 e. The van der Waals surface area contributed by atoms with Crippen LogP contribution in [0.1, 0.15) is 49.3 Å². The Labute approximate surface area is 247 Å². The summed E-state index contributed by atoms with van der Waals surface area (Å²) in [7, 11) is 36.7. The second-order valence-corrected chi connectivity index (χ2v) is 11.4. The predicted octanol–water partition coefficient (Wildman–Crippen LogP) is 2.40. The van der Waals surface area contributed by atoms with Gasteiger partial charge >= 0.3 is 0 Å². The van der Waals surface area contributed by atoms with Gasteiger partial charge in [0.05, 0.1) is 77.7 Å².